The van der Waals surface area contributed by atoms with Crippen molar-refractivity contribution in [2.24, 2.45) is 0 Å². The van der Waals surface area contributed by atoms with E-state index in [1.165, 1.54) is 6.42 Å². The van der Waals surface area contributed by atoms with Gasteiger partial charge < -0.3 is 9.80 Å². The third kappa shape index (κ3) is 6.07. The first-order valence-electron chi connectivity index (χ1n) is 13.8. The van der Waals surface area contributed by atoms with E-state index in [1.54, 1.807) is 22.8 Å². The van der Waals surface area contributed by atoms with E-state index in [0.29, 0.717) is 46.8 Å². The van der Waals surface area contributed by atoms with Crippen molar-refractivity contribution in [1.29, 1.82) is 0 Å². The molecule has 0 saturated carbocycles. The zero-order valence-corrected chi connectivity index (χ0v) is 23.4. The summed E-state index contributed by atoms with van der Waals surface area (Å²) in [5, 5.41) is 1.04. The number of nitrogens with zero attached hydrogens (tertiary/aromatic N) is 4. The number of hydrogen-bond acceptors (Lipinski definition) is 4. The van der Waals surface area contributed by atoms with Gasteiger partial charge in [-0.2, -0.15) is 0 Å². The molecule has 1 unspecified atom stereocenters. The number of aryl methyl sites for hydroxylation is 1. The fourth-order valence-corrected chi connectivity index (χ4v) is 5.42. The average molecular weight is 543 g/mol. The summed E-state index contributed by atoms with van der Waals surface area (Å²) in [6.45, 7) is 8.20. The van der Waals surface area contributed by atoms with E-state index in [2.05, 4.69) is 11.8 Å². The van der Waals surface area contributed by atoms with Gasteiger partial charge in [0.15, 0.2) is 0 Å². The van der Waals surface area contributed by atoms with Crippen molar-refractivity contribution in [2.75, 3.05) is 26.2 Å². The Balaban J connectivity index is 1.60. The molecular weight excluding hydrogens is 508 g/mol. The van der Waals surface area contributed by atoms with Crippen LogP contribution in [0.1, 0.15) is 59.5 Å². The van der Waals surface area contributed by atoms with Gasteiger partial charge in [-0.1, -0.05) is 66.6 Å². The molecule has 2 heterocycles. The number of hydrogen-bond donors (Lipinski definition) is 0. The Bertz CT molecular complexity index is 1500. The average Bonchev–Trinajstić information content (AvgIpc) is 2.91. The zero-order chi connectivity index (χ0) is 27.4. The van der Waals surface area contributed by atoms with E-state index in [0.717, 1.165) is 37.2 Å². The molecule has 0 bridgehead atoms. The lowest BCUT2D eigenvalue weighted by molar-refractivity contribution is 0.0637. The van der Waals surface area contributed by atoms with Crippen LogP contribution in [0.4, 0.5) is 0 Å². The summed E-state index contributed by atoms with van der Waals surface area (Å²) in [6.07, 6.45) is 2.71. The summed E-state index contributed by atoms with van der Waals surface area (Å²) in [5.74, 6) is 0.544. The van der Waals surface area contributed by atoms with Crippen molar-refractivity contribution in [3.05, 3.63) is 111 Å². The molecular formula is C32H35ClN4O2. The number of benzene rings is 3. The van der Waals surface area contributed by atoms with Gasteiger partial charge in [-0.25, -0.2) is 4.98 Å². The number of aromatic nitrogens is 2. The first-order chi connectivity index (χ1) is 18.9. The Labute approximate surface area is 234 Å². The van der Waals surface area contributed by atoms with Gasteiger partial charge in [-0.15, -0.1) is 0 Å². The fraction of sp³-hybridized carbons (Fsp3) is 0.344. The van der Waals surface area contributed by atoms with Crippen LogP contribution in [0, 0.1) is 6.92 Å². The molecule has 5 rings (SSSR count). The first-order valence-corrected chi connectivity index (χ1v) is 14.2. The second kappa shape index (κ2) is 12.1. The minimum atomic E-state index is -0.380. The van der Waals surface area contributed by atoms with E-state index in [4.69, 9.17) is 16.6 Å². The highest BCUT2D eigenvalue weighted by molar-refractivity contribution is 6.31. The zero-order valence-electron chi connectivity index (χ0n) is 22.6. The predicted octanol–water partition coefficient (Wildman–Crippen LogP) is 6.10. The van der Waals surface area contributed by atoms with Crippen LogP contribution in [0.25, 0.3) is 10.9 Å². The number of likely N-dealkylation sites (tertiary alicyclic amines) is 1. The Hall–Kier alpha value is -3.48. The number of amides is 1. The minimum absolute atomic E-state index is 0.0443. The van der Waals surface area contributed by atoms with Gasteiger partial charge in [0, 0.05) is 17.1 Å². The Morgan fingerprint density at radius 3 is 2.46 bits per heavy atom. The first kappa shape index (κ1) is 27.1. The molecule has 3 aromatic carbocycles. The molecule has 7 heteroatoms. The number of fused-ring (bicyclic) bond motifs is 1. The van der Waals surface area contributed by atoms with Crippen LogP contribution in [-0.2, 0) is 6.54 Å². The molecule has 6 nitrogen and oxygen atoms in total. The van der Waals surface area contributed by atoms with E-state index < -0.39 is 0 Å². The highest BCUT2D eigenvalue weighted by Crippen LogP contribution is 2.28. The molecule has 1 atom stereocenters. The minimum Gasteiger partial charge on any atom is -0.328 e. The quantitative estimate of drug-likeness (QED) is 0.243. The summed E-state index contributed by atoms with van der Waals surface area (Å²) < 4.78 is 1.74. The number of rotatable bonds is 10. The number of carbonyl (C=O) groups is 1. The Morgan fingerprint density at radius 2 is 1.79 bits per heavy atom. The lowest BCUT2D eigenvalue weighted by Gasteiger charge is -2.35. The van der Waals surface area contributed by atoms with Crippen LogP contribution >= 0.6 is 11.6 Å². The second-order valence-corrected chi connectivity index (χ2v) is 10.8. The third-order valence-electron chi connectivity index (χ3n) is 7.57. The lowest BCUT2D eigenvalue weighted by atomic mass is 10.1. The summed E-state index contributed by atoms with van der Waals surface area (Å²) in [4.78, 5) is 37.3. The lowest BCUT2D eigenvalue weighted by Crippen LogP contribution is -2.42. The van der Waals surface area contributed by atoms with Gasteiger partial charge in [0.2, 0.25) is 0 Å². The van der Waals surface area contributed by atoms with Crippen molar-refractivity contribution in [2.45, 2.75) is 45.7 Å². The standard InChI is InChI=1S/C32H35ClN4O2/c1-3-29(36(20-8-19-35-17-7-18-35)31(38)25-13-11-23(2)12-14-25)30-34-28-21-26(33)15-16-27(28)32(39)37(30)22-24-9-5-4-6-10-24/h4-6,9-16,21,29H,3,7-8,17-20,22H2,1-2H3. The monoisotopic (exact) mass is 542 g/mol. The van der Waals surface area contributed by atoms with Crippen molar-refractivity contribution < 1.29 is 4.79 Å². The van der Waals surface area contributed by atoms with Gasteiger partial charge >= 0.3 is 0 Å². The summed E-state index contributed by atoms with van der Waals surface area (Å²) in [5.41, 5.74) is 3.17. The summed E-state index contributed by atoms with van der Waals surface area (Å²) in [7, 11) is 0. The molecule has 4 aromatic rings. The van der Waals surface area contributed by atoms with Crippen LogP contribution < -0.4 is 5.56 Å². The molecule has 1 aliphatic heterocycles. The van der Waals surface area contributed by atoms with Gasteiger partial charge in [-0.05, 0) is 81.7 Å². The van der Waals surface area contributed by atoms with Gasteiger partial charge in [0.05, 0.1) is 23.5 Å². The maximum atomic E-state index is 14.0. The van der Waals surface area contributed by atoms with Crippen LogP contribution in [0.2, 0.25) is 5.02 Å². The van der Waals surface area contributed by atoms with Gasteiger partial charge in [0.25, 0.3) is 11.5 Å². The maximum Gasteiger partial charge on any atom is 0.261 e. The molecule has 1 amide bonds. The van der Waals surface area contributed by atoms with E-state index in [-0.39, 0.29) is 17.5 Å². The normalized spacial score (nSPS) is 14.2. The molecule has 1 saturated heterocycles. The largest absolute Gasteiger partial charge is 0.328 e. The van der Waals surface area contributed by atoms with Gasteiger partial charge in [-0.3, -0.25) is 14.2 Å². The molecule has 0 radical (unpaired) electrons. The molecule has 39 heavy (non-hydrogen) atoms. The summed E-state index contributed by atoms with van der Waals surface area (Å²) in [6, 6.07) is 22.4. The van der Waals surface area contributed by atoms with E-state index in [9.17, 15) is 9.59 Å². The van der Waals surface area contributed by atoms with E-state index >= 15 is 0 Å². The highest BCUT2D eigenvalue weighted by atomic mass is 35.5. The Morgan fingerprint density at radius 1 is 1.05 bits per heavy atom. The molecule has 202 valence electrons. The fourth-order valence-electron chi connectivity index (χ4n) is 5.26. The van der Waals surface area contributed by atoms with Crippen LogP contribution in [-0.4, -0.2) is 51.4 Å². The summed E-state index contributed by atoms with van der Waals surface area (Å²) >= 11 is 6.31. The van der Waals surface area contributed by atoms with Crippen LogP contribution in [0.15, 0.2) is 77.6 Å². The van der Waals surface area contributed by atoms with Crippen molar-refractivity contribution in [3.8, 4) is 0 Å². The highest BCUT2D eigenvalue weighted by Gasteiger charge is 2.29. The van der Waals surface area contributed by atoms with Crippen molar-refractivity contribution in [3.63, 3.8) is 0 Å². The second-order valence-electron chi connectivity index (χ2n) is 10.3. The van der Waals surface area contributed by atoms with Crippen LogP contribution in [0.3, 0.4) is 0 Å². The van der Waals surface area contributed by atoms with Gasteiger partial charge in [0.1, 0.15) is 5.82 Å². The van der Waals surface area contributed by atoms with Crippen LogP contribution in [0.5, 0.6) is 0 Å². The smallest absolute Gasteiger partial charge is 0.261 e. The SMILES string of the molecule is CCC(c1nc2cc(Cl)ccc2c(=O)n1Cc1ccccc1)N(CCCN1CCC1)C(=O)c1ccc(C)cc1. The predicted molar refractivity (Wildman–Crippen MR) is 157 cm³/mol. The topological polar surface area (TPSA) is 58.4 Å². The molecule has 0 spiro atoms. The molecule has 1 aliphatic rings. The van der Waals surface area contributed by atoms with Crippen molar-refractivity contribution in [1.82, 2.24) is 19.4 Å². The molecule has 1 aromatic heterocycles. The van der Waals surface area contributed by atoms with E-state index in [1.807, 2.05) is 66.4 Å². The molecule has 1 fully saturated rings. The molecule has 0 N–H and O–H groups in total. The Kier molecular flexibility index (Phi) is 8.44. The maximum absolute atomic E-state index is 14.0. The number of carbonyl (C=O) groups excluding carboxylic acids is 1. The van der Waals surface area contributed by atoms with Crippen molar-refractivity contribution >= 4 is 28.4 Å². The number of halogens is 1. The third-order valence-corrected chi connectivity index (χ3v) is 7.81. The molecule has 0 aliphatic carbocycles.